The van der Waals surface area contributed by atoms with E-state index in [-0.39, 0.29) is 5.91 Å². The SMILES string of the molecule is Nc1cc(Cl)ccc1CN1CCNC(=O)C1. The summed E-state index contributed by atoms with van der Waals surface area (Å²) in [5, 5.41) is 3.43. The molecule has 5 heteroatoms. The lowest BCUT2D eigenvalue weighted by atomic mass is 10.1. The second-order valence-corrected chi connectivity index (χ2v) is 4.34. The van der Waals surface area contributed by atoms with Crippen LogP contribution in [0.4, 0.5) is 5.69 Å². The highest BCUT2D eigenvalue weighted by molar-refractivity contribution is 6.30. The zero-order valence-electron chi connectivity index (χ0n) is 8.87. The number of halogens is 1. The van der Waals surface area contributed by atoms with Gasteiger partial charge in [0, 0.05) is 30.3 Å². The van der Waals surface area contributed by atoms with Crippen LogP contribution in [0.2, 0.25) is 5.02 Å². The number of amides is 1. The van der Waals surface area contributed by atoms with Crippen LogP contribution >= 0.6 is 11.6 Å². The van der Waals surface area contributed by atoms with Crippen LogP contribution in [-0.4, -0.2) is 30.4 Å². The molecule has 86 valence electrons. The lowest BCUT2D eigenvalue weighted by Gasteiger charge is -2.26. The van der Waals surface area contributed by atoms with Gasteiger partial charge in [0.2, 0.25) is 5.91 Å². The molecule has 1 heterocycles. The quantitative estimate of drug-likeness (QED) is 0.753. The highest BCUT2D eigenvalue weighted by Gasteiger charge is 2.16. The number of rotatable bonds is 2. The fraction of sp³-hybridized carbons (Fsp3) is 0.364. The number of benzene rings is 1. The van der Waals surface area contributed by atoms with Gasteiger partial charge in [-0.3, -0.25) is 9.69 Å². The van der Waals surface area contributed by atoms with Gasteiger partial charge in [-0.2, -0.15) is 0 Å². The minimum atomic E-state index is 0.0683. The smallest absolute Gasteiger partial charge is 0.234 e. The number of nitrogens with two attached hydrogens (primary N) is 1. The zero-order chi connectivity index (χ0) is 11.5. The highest BCUT2D eigenvalue weighted by atomic mass is 35.5. The molecule has 0 unspecified atom stereocenters. The first kappa shape index (κ1) is 11.2. The molecule has 2 rings (SSSR count). The molecular formula is C11H14ClN3O. The molecule has 0 aliphatic carbocycles. The average Bonchev–Trinajstić information content (AvgIpc) is 2.22. The zero-order valence-corrected chi connectivity index (χ0v) is 9.63. The monoisotopic (exact) mass is 239 g/mol. The standard InChI is InChI=1S/C11H14ClN3O/c12-9-2-1-8(10(13)5-9)6-15-4-3-14-11(16)7-15/h1-2,5H,3-4,6-7,13H2,(H,14,16). The van der Waals surface area contributed by atoms with Crippen molar-refractivity contribution in [3.63, 3.8) is 0 Å². The number of carbonyl (C=O) groups excluding carboxylic acids is 1. The summed E-state index contributed by atoms with van der Waals surface area (Å²) in [5.74, 6) is 0.0683. The minimum absolute atomic E-state index is 0.0683. The largest absolute Gasteiger partial charge is 0.398 e. The Bertz CT molecular complexity index is 408. The van der Waals surface area contributed by atoms with Gasteiger partial charge in [0.25, 0.3) is 0 Å². The van der Waals surface area contributed by atoms with Crippen molar-refractivity contribution in [2.75, 3.05) is 25.4 Å². The summed E-state index contributed by atoms with van der Waals surface area (Å²) in [4.78, 5) is 13.3. The van der Waals surface area contributed by atoms with E-state index < -0.39 is 0 Å². The molecule has 16 heavy (non-hydrogen) atoms. The predicted molar refractivity (Wildman–Crippen MR) is 64.2 cm³/mol. The Balaban J connectivity index is 2.05. The summed E-state index contributed by atoms with van der Waals surface area (Å²) in [6.07, 6.45) is 0. The average molecular weight is 240 g/mol. The summed E-state index contributed by atoms with van der Waals surface area (Å²) >= 11 is 5.83. The van der Waals surface area contributed by atoms with Crippen molar-refractivity contribution >= 4 is 23.2 Å². The maximum atomic E-state index is 11.2. The third-order valence-electron chi connectivity index (χ3n) is 2.62. The maximum Gasteiger partial charge on any atom is 0.234 e. The van der Waals surface area contributed by atoms with Gasteiger partial charge in [-0.1, -0.05) is 17.7 Å². The number of nitrogens with zero attached hydrogens (tertiary/aromatic N) is 1. The van der Waals surface area contributed by atoms with E-state index in [2.05, 4.69) is 10.2 Å². The molecule has 0 saturated carbocycles. The molecule has 3 N–H and O–H groups in total. The minimum Gasteiger partial charge on any atom is -0.398 e. The van der Waals surface area contributed by atoms with Gasteiger partial charge < -0.3 is 11.1 Å². The molecular weight excluding hydrogens is 226 g/mol. The van der Waals surface area contributed by atoms with Gasteiger partial charge in [-0.15, -0.1) is 0 Å². The van der Waals surface area contributed by atoms with Gasteiger partial charge in [0.05, 0.1) is 6.54 Å². The number of anilines is 1. The Morgan fingerprint density at radius 2 is 2.31 bits per heavy atom. The van der Waals surface area contributed by atoms with Crippen LogP contribution in [0, 0.1) is 0 Å². The fourth-order valence-corrected chi connectivity index (χ4v) is 1.96. The molecule has 4 nitrogen and oxygen atoms in total. The van der Waals surface area contributed by atoms with Crippen LogP contribution in [0.25, 0.3) is 0 Å². The number of hydrogen-bond acceptors (Lipinski definition) is 3. The van der Waals surface area contributed by atoms with E-state index in [0.717, 1.165) is 12.1 Å². The van der Waals surface area contributed by atoms with E-state index >= 15 is 0 Å². The molecule has 1 aromatic rings. The Hall–Kier alpha value is -1.26. The fourth-order valence-electron chi connectivity index (χ4n) is 1.78. The van der Waals surface area contributed by atoms with Crippen molar-refractivity contribution < 1.29 is 4.79 Å². The highest BCUT2D eigenvalue weighted by Crippen LogP contribution is 2.19. The lowest BCUT2D eigenvalue weighted by molar-refractivity contribution is -0.124. The molecule has 0 aromatic heterocycles. The molecule has 1 aliphatic rings. The first-order chi connectivity index (χ1) is 7.65. The predicted octanol–water partition coefficient (Wildman–Crippen LogP) is 0.854. The molecule has 1 amide bonds. The molecule has 0 radical (unpaired) electrons. The van der Waals surface area contributed by atoms with Gasteiger partial charge >= 0.3 is 0 Å². The van der Waals surface area contributed by atoms with Gasteiger partial charge in [0.1, 0.15) is 0 Å². The maximum absolute atomic E-state index is 11.2. The Morgan fingerprint density at radius 1 is 1.50 bits per heavy atom. The topological polar surface area (TPSA) is 58.4 Å². The molecule has 1 saturated heterocycles. The Labute approximate surface area is 99.4 Å². The number of piperazine rings is 1. The molecule has 1 aliphatic heterocycles. The number of nitrogens with one attached hydrogen (secondary N) is 1. The van der Waals surface area contributed by atoms with Crippen LogP contribution < -0.4 is 11.1 Å². The summed E-state index contributed by atoms with van der Waals surface area (Å²) in [7, 11) is 0. The van der Waals surface area contributed by atoms with E-state index in [1.165, 1.54) is 0 Å². The normalized spacial score (nSPS) is 17.2. The first-order valence-corrected chi connectivity index (χ1v) is 5.56. The van der Waals surface area contributed by atoms with Crippen molar-refractivity contribution in [2.24, 2.45) is 0 Å². The van der Waals surface area contributed by atoms with Crippen molar-refractivity contribution in [3.8, 4) is 0 Å². The summed E-state index contributed by atoms with van der Waals surface area (Å²) < 4.78 is 0. The Morgan fingerprint density at radius 3 is 3.00 bits per heavy atom. The molecule has 0 atom stereocenters. The van der Waals surface area contributed by atoms with Gasteiger partial charge in [0.15, 0.2) is 0 Å². The van der Waals surface area contributed by atoms with Crippen LogP contribution in [0.15, 0.2) is 18.2 Å². The molecule has 1 fully saturated rings. The summed E-state index contributed by atoms with van der Waals surface area (Å²) in [6.45, 7) is 2.68. The van der Waals surface area contributed by atoms with Gasteiger partial charge in [-0.25, -0.2) is 0 Å². The third kappa shape index (κ3) is 2.65. The number of carbonyl (C=O) groups is 1. The van der Waals surface area contributed by atoms with E-state index in [4.69, 9.17) is 17.3 Å². The van der Waals surface area contributed by atoms with Crippen molar-refractivity contribution in [1.82, 2.24) is 10.2 Å². The Kier molecular flexibility index (Phi) is 3.31. The van der Waals surface area contributed by atoms with Crippen molar-refractivity contribution in [2.45, 2.75) is 6.54 Å². The number of nitrogen functional groups attached to an aromatic ring is 1. The molecule has 0 bridgehead atoms. The van der Waals surface area contributed by atoms with Crippen LogP contribution in [0.1, 0.15) is 5.56 Å². The van der Waals surface area contributed by atoms with E-state index in [9.17, 15) is 4.79 Å². The second kappa shape index (κ2) is 4.72. The first-order valence-electron chi connectivity index (χ1n) is 5.18. The van der Waals surface area contributed by atoms with Crippen molar-refractivity contribution in [3.05, 3.63) is 28.8 Å². The van der Waals surface area contributed by atoms with E-state index in [0.29, 0.717) is 30.3 Å². The summed E-state index contributed by atoms with van der Waals surface area (Å²) in [5.41, 5.74) is 7.55. The summed E-state index contributed by atoms with van der Waals surface area (Å²) in [6, 6.07) is 5.46. The van der Waals surface area contributed by atoms with E-state index in [1.54, 1.807) is 6.07 Å². The van der Waals surface area contributed by atoms with Gasteiger partial charge in [-0.05, 0) is 17.7 Å². The third-order valence-corrected chi connectivity index (χ3v) is 2.85. The number of hydrogen-bond donors (Lipinski definition) is 2. The second-order valence-electron chi connectivity index (χ2n) is 3.90. The van der Waals surface area contributed by atoms with Crippen LogP contribution in [0.5, 0.6) is 0 Å². The van der Waals surface area contributed by atoms with E-state index in [1.807, 2.05) is 12.1 Å². The molecule has 1 aromatic carbocycles. The van der Waals surface area contributed by atoms with Crippen LogP contribution in [0.3, 0.4) is 0 Å². The molecule has 0 spiro atoms. The lowest BCUT2D eigenvalue weighted by Crippen LogP contribution is -2.47. The van der Waals surface area contributed by atoms with Crippen LogP contribution in [-0.2, 0) is 11.3 Å². The van der Waals surface area contributed by atoms with Crippen molar-refractivity contribution in [1.29, 1.82) is 0 Å².